The molecule has 108 valence electrons. The number of hydrogen-bond acceptors (Lipinski definition) is 1. The van der Waals surface area contributed by atoms with Gasteiger partial charge in [0.1, 0.15) is 5.82 Å². The first-order valence-corrected chi connectivity index (χ1v) is 7.22. The maximum Gasteiger partial charge on any atom is 0.123 e. The van der Waals surface area contributed by atoms with Crippen molar-refractivity contribution in [3.8, 4) is 0 Å². The summed E-state index contributed by atoms with van der Waals surface area (Å²) < 4.78 is 15.6. The largest absolute Gasteiger partial charge is 0.339 e. The predicted octanol–water partition coefficient (Wildman–Crippen LogP) is 4.20. The van der Waals surface area contributed by atoms with Crippen molar-refractivity contribution in [2.75, 3.05) is 7.05 Å². The summed E-state index contributed by atoms with van der Waals surface area (Å²) in [5, 5.41) is 4.93. The number of hydrogen-bond donors (Lipinski definition) is 1. The number of fused-ring (bicyclic) bond motifs is 1. The summed E-state index contributed by atoms with van der Waals surface area (Å²) in [7, 11) is 1.91. The lowest BCUT2D eigenvalue weighted by molar-refractivity contribution is 0.622. The van der Waals surface area contributed by atoms with Crippen molar-refractivity contribution in [3.05, 3.63) is 70.6 Å². The van der Waals surface area contributed by atoms with Crippen LogP contribution in [-0.2, 0) is 13.1 Å². The van der Waals surface area contributed by atoms with Crippen LogP contribution in [0.4, 0.5) is 4.39 Å². The van der Waals surface area contributed by atoms with Gasteiger partial charge < -0.3 is 9.88 Å². The molecule has 0 saturated carbocycles. The molecule has 0 aliphatic carbocycles. The summed E-state index contributed by atoms with van der Waals surface area (Å²) in [4.78, 5) is 0. The van der Waals surface area contributed by atoms with Crippen molar-refractivity contribution in [2.24, 2.45) is 0 Å². The minimum absolute atomic E-state index is 0.263. The van der Waals surface area contributed by atoms with E-state index < -0.39 is 0 Å². The van der Waals surface area contributed by atoms with E-state index in [2.05, 4.69) is 28.1 Å². The third-order valence-electron chi connectivity index (χ3n) is 3.59. The molecule has 0 spiro atoms. The molecule has 2 nitrogen and oxygen atoms in total. The number of para-hydroxylation sites is 1. The molecule has 0 aliphatic rings. The predicted molar refractivity (Wildman–Crippen MR) is 85.2 cm³/mol. The van der Waals surface area contributed by atoms with E-state index in [1.807, 2.05) is 19.2 Å². The van der Waals surface area contributed by atoms with E-state index in [-0.39, 0.29) is 5.82 Å². The Bertz CT molecular complexity index is 780. The van der Waals surface area contributed by atoms with Gasteiger partial charge in [-0.25, -0.2) is 4.39 Å². The van der Waals surface area contributed by atoms with Crippen LogP contribution in [0.5, 0.6) is 0 Å². The van der Waals surface area contributed by atoms with E-state index in [4.69, 9.17) is 11.6 Å². The summed E-state index contributed by atoms with van der Waals surface area (Å²) in [5.74, 6) is -0.263. The second-order valence-corrected chi connectivity index (χ2v) is 5.45. The molecule has 0 bridgehead atoms. The Morgan fingerprint density at radius 1 is 1.14 bits per heavy atom. The minimum atomic E-state index is -0.263. The molecule has 3 rings (SSSR count). The first kappa shape index (κ1) is 14.1. The Labute approximate surface area is 128 Å². The van der Waals surface area contributed by atoms with E-state index >= 15 is 0 Å². The Morgan fingerprint density at radius 3 is 2.76 bits per heavy atom. The third-order valence-corrected chi connectivity index (χ3v) is 3.96. The summed E-state index contributed by atoms with van der Waals surface area (Å²) in [6, 6.07) is 14.8. The molecule has 1 heterocycles. The van der Waals surface area contributed by atoms with Gasteiger partial charge in [-0.3, -0.25) is 0 Å². The molecule has 3 aromatic rings. The monoisotopic (exact) mass is 302 g/mol. The van der Waals surface area contributed by atoms with Gasteiger partial charge in [-0.05, 0) is 48.3 Å². The molecular weight excluding hydrogens is 287 g/mol. The van der Waals surface area contributed by atoms with Crippen LogP contribution < -0.4 is 5.32 Å². The fourth-order valence-electron chi connectivity index (χ4n) is 2.62. The third kappa shape index (κ3) is 2.80. The smallest absolute Gasteiger partial charge is 0.123 e. The zero-order chi connectivity index (χ0) is 14.8. The topological polar surface area (TPSA) is 17.0 Å². The lowest BCUT2D eigenvalue weighted by Crippen LogP contribution is -2.12. The van der Waals surface area contributed by atoms with Gasteiger partial charge in [-0.1, -0.05) is 29.8 Å². The minimum Gasteiger partial charge on any atom is -0.339 e. The number of nitrogens with one attached hydrogen (secondary N) is 1. The molecule has 0 amide bonds. The highest BCUT2D eigenvalue weighted by Crippen LogP contribution is 2.24. The average Bonchev–Trinajstić information content (AvgIpc) is 2.81. The molecule has 1 aromatic heterocycles. The van der Waals surface area contributed by atoms with Crippen molar-refractivity contribution in [3.63, 3.8) is 0 Å². The van der Waals surface area contributed by atoms with Crippen LogP contribution in [0.3, 0.4) is 0 Å². The first-order valence-electron chi connectivity index (χ1n) is 6.84. The van der Waals surface area contributed by atoms with Crippen molar-refractivity contribution in [1.82, 2.24) is 9.88 Å². The quantitative estimate of drug-likeness (QED) is 0.764. The van der Waals surface area contributed by atoms with Crippen LogP contribution in [0.2, 0.25) is 5.02 Å². The molecule has 0 fully saturated rings. The van der Waals surface area contributed by atoms with Gasteiger partial charge in [-0.15, -0.1) is 0 Å². The standard InChI is InChI=1S/C17H16ClFN2/c1-20-10-15-9-12-4-2-3-5-17(12)21(15)11-13-8-14(19)6-7-16(13)18/h2-9,20H,10-11H2,1H3. The van der Waals surface area contributed by atoms with E-state index in [9.17, 15) is 4.39 Å². The fourth-order valence-corrected chi connectivity index (χ4v) is 2.79. The molecule has 0 saturated heterocycles. The van der Waals surface area contributed by atoms with E-state index in [1.54, 1.807) is 6.07 Å². The Balaban J connectivity index is 2.10. The number of nitrogens with zero attached hydrogens (tertiary/aromatic N) is 1. The van der Waals surface area contributed by atoms with Gasteiger partial charge >= 0.3 is 0 Å². The number of aromatic nitrogens is 1. The van der Waals surface area contributed by atoms with E-state index in [0.29, 0.717) is 11.6 Å². The fraction of sp³-hybridized carbons (Fsp3) is 0.176. The SMILES string of the molecule is CNCc1cc2ccccc2n1Cc1cc(F)ccc1Cl. The van der Waals surface area contributed by atoms with Crippen molar-refractivity contribution in [1.29, 1.82) is 0 Å². The molecular formula is C17H16ClFN2. The van der Waals surface area contributed by atoms with Crippen molar-refractivity contribution >= 4 is 22.5 Å². The summed E-state index contributed by atoms with van der Waals surface area (Å²) in [6.45, 7) is 1.31. The van der Waals surface area contributed by atoms with Crippen LogP contribution >= 0.6 is 11.6 Å². The highest BCUT2D eigenvalue weighted by atomic mass is 35.5. The van der Waals surface area contributed by atoms with Gasteiger partial charge in [0.05, 0.1) is 0 Å². The second-order valence-electron chi connectivity index (χ2n) is 5.05. The molecule has 0 unspecified atom stereocenters. The van der Waals surface area contributed by atoms with Crippen LogP contribution in [0.25, 0.3) is 10.9 Å². The average molecular weight is 303 g/mol. The Morgan fingerprint density at radius 2 is 1.95 bits per heavy atom. The second kappa shape index (κ2) is 5.88. The highest BCUT2D eigenvalue weighted by molar-refractivity contribution is 6.31. The van der Waals surface area contributed by atoms with Crippen LogP contribution in [0, 0.1) is 5.82 Å². The van der Waals surface area contributed by atoms with Crippen molar-refractivity contribution < 1.29 is 4.39 Å². The van der Waals surface area contributed by atoms with Gasteiger partial charge in [0.2, 0.25) is 0 Å². The number of halogens is 2. The lowest BCUT2D eigenvalue weighted by Gasteiger charge is -2.12. The maximum atomic E-state index is 13.5. The van der Waals surface area contributed by atoms with Crippen LogP contribution in [0.15, 0.2) is 48.5 Å². The maximum absolute atomic E-state index is 13.5. The Hall–Kier alpha value is -1.84. The highest BCUT2D eigenvalue weighted by Gasteiger charge is 2.10. The van der Waals surface area contributed by atoms with Gasteiger partial charge in [0.15, 0.2) is 0 Å². The van der Waals surface area contributed by atoms with E-state index in [1.165, 1.54) is 17.5 Å². The van der Waals surface area contributed by atoms with Gasteiger partial charge in [0, 0.05) is 29.3 Å². The molecule has 0 radical (unpaired) electrons. The van der Waals surface area contributed by atoms with Crippen LogP contribution in [-0.4, -0.2) is 11.6 Å². The van der Waals surface area contributed by atoms with E-state index in [0.717, 1.165) is 23.3 Å². The van der Waals surface area contributed by atoms with Crippen molar-refractivity contribution in [2.45, 2.75) is 13.1 Å². The number of benzene rings is 2. The number of rotatable bonds is 4. The summed E-state index contributed by atoms with van der Waals surface area (Å²) in [6.07, 6.45) is 0. The summed E-state index contributed by atoms with van der Waals surface area (Å²) >= 11 is 6.20. The Kier molecular flexibility index (Phi) is 3.95. The zero-order valence-electron chi connectivity index (χ0n) is 11.7. The molecule has 0 aliphatic heterocycles. The molecule has 1 N–H and O–H groups in total. The molecule has 2 aromatic carbocycles. The normalized spacial score (nSPS) is 11.2. The lowest BCUT2D eigenvalue weighted by atomic mass is 10.2. The molecule has 21 heavy (non-hydrogen) atoms. The first-order chi connectivity index (χ1) is 10.2. The van der Waals surface area contributed by atoms with Crippen LogP contribution in [0.1, 0.15) is 11.3 Å². The molecule has 0 atom stereocenters. The zero-order valence-corrected chi connectivity index (χ0v) is 12.5. The molecule has 4 heteroatoms. The van der Waals surface area contributed by atoms with Gasteiger partial charge in [-0.2, -0.15) is 0 Å². The van der Waals surface area contributed by atoms with Gasteiger partial charge in [0.25, 0.3) is 0 Å². The summed E-state index contributed by atoms with van der Waals surface area (Å²) in [5.41, 5.74) is 3.07.